The predicted octanol–water partition coefficient (Wildman–Crippen LogP) is 4.69. The van der Waals surface area contributed by atoms with Crippen LogP contribution in [0.4, 0.5) is 13.2 Å². The molecule has 33 heavy (non-hydrogen) atoms. The van der Waals surface area contributed by atoms with E-state index < -0.39 is 17.8 Å². The number of carbonyl (C=O) groups is 2. The normalized spacial score (nSPS) is 17.3. The van der Waals surface area contributed by atoms with E-state index in [9.17, 15) is 22.8 Å². The number of halogens is 3. The van der Waals surface area contributed by atoms with E-state index in [0.29, 0.717) is 30.4 Å². The summed E-state index contributed by atoms with van der Waals surface area (Å²) in [5, 5.41) is 2.92. The van der Waals surface area contributed by atoms with Crippen LogP contribution in [0.15, 0.2) is 53.4 Å². The number of hydrogen-bond donors (Lipinski definition) is 1. The Morgan fingerprint density at radius 3 is 2.42 bits per heavy atom. The van der Waals surface area contributed by atoms with Gasteiger partial charge in [-0.2, -0.15) is 13.2 Å². The number of nitrogens with zero attached hydrogens (tertiary/aromatic N) is 2. The monoisotopic (exact) mass is 479 g/mol. The summed E-state index contributed by atoms with van der Waals surface area (Å²) in [5.41, 5.74) is 1.42. The molecule has 0 unspecified atom stereocenters. The molecule has 2 aromatic carbocycles. The van der Waals surface area contributed by atoms with Gasteiger partial charge in [0.15, 0.2) is 0 Å². The molecule has 0 radical (unpaired) electrons. The van der Waals surface area contributed by atoms with Crippen molar-refractivity contribution in [2.75, 3.05) is 19.6 Å². The lowest BCUT2D eigenvalue weighted by Crippen LogP contribution is -2.57. The van der Waals surface area contributed by atoms with Crippen LogP contribution in [-0.4, -0.2) is 46.7 Å². The molecule has 1 N–H and O–H groups in total. The van der Waals surface area contributed by atoms with Crippen LogP contribution in [0.1, 0.15) is 43.4 Å². The Hall–Kier alpha value is -2.52. The number of hydrogen-bond acceptors (Lipinski definition) is 4. The third-order valence-electron chi connectivity index (χ3n) is 5.58. The zero-order chi connectivity index (χ0) is 24.2. The highest BCUT2D eigenvalue weighted by Crippen LogP contribution is 2.34. The lowest BCUT2D eigenvalue weighted by Gasteiger charge is -2.39. The second-order valence-electron chi connectivity index (χ2n) is 8.35. The van der Waals surface area contributed by atoms with E-state index in [4.69, 9.17) is 0 Å². The van der Waals surface area contributed by atoms with E-state index >= 15 is 0 Å². The Labute approximate surface area is 196 Å². The number of alkyl halides is 3. The van der Waals surface area contributed by atoms with Gasteiger partial charge in [0.1, 0.15) is 6.04 Å². The highest BCUT2D eigenvalue weighted by molar-refractivity contribution is 7.97. The van der Waals surface area contributed by atoms with E-state index in [0.717, 1.165) is 29.6 Å². The molecule has 1 heterocycles. The maximum Gasteiger partial charge on any atom is 0.416 e. The van der Waals surface area contributed by atoms with Crippen LogP contribution >= 0.6 is 11.9 Å². The second kappa shape index (κ2) is 10.6. The van der Waals surface area contributed by atoms with Crippen LogP contribution in [0, 0.1) is 0 Å². The number of carbonyl (C=O) groups excluding carboxylic acids is 2. The van der Waals surface area contributed by atoms with E-state index in [1.807, 2.05) is 24.3 Å². The summed E-state index contributed by atoms with van der Waals surface area (Å²) in [4.78, 5) is 26.9. The minimum atomic E-state index is -4.44. The molecule has 2 aromatic rings. The molecule has 5 nitrogen and oxygen atoms in total. The minimum absolute atomic E-state index is 0.138. The Morgan fingerprint density at radius 2 is 1.82 bits per heavy atom. The number of amides is 2. The van der Waals surface area contributed by atoms with Gasteiger partial charge in [0.25, 0.3) is 0 Å². The molecule has 178 valence electrons. The van der Waals surface area contributed by atoms with Crippen molar-refractivity contribution < 1.29 is 22.8 Å². The standard InChI is InChI=1S/C24H28F3N3O2S/c1-16(2)19-9-7-18(8-10-19)14-28-23(32)22-15-29(17(3)31)11-12-30(22)33-21-6-4-5-20(13-21)24(25,26)27/h4-10,13,16,22H,11-12,14-15H2,1-3H3,(H,28,32)/t22-/m1/s1. The van der Waals surface area contributed by atoms with Crippen molar-refractivity contribution in [3.63, 3.8) is 0 Å². The Morgan fingerprint density at radius 1 is 1.12 bits per heavy atom. The highest BCUT2D eigenvalue weighted by Gasteiger charge is 2.35. The first-order valence-electron chi connectivity index (χ1n) is 10.8. The first-order valence-corrected chi connectivity index (χ1v) is 11.6. The van der Waals surface area contributed by atoms with E-state index in [2.05, 4.69) is 19.2 Å². The van der Waals surface area contributed by atoms with Crippen molar-refractivity contribution in [3.05, 3.63) is 65.2 Å². The van der Waals surface area contributed by atoms with Crippen molar-refractivity contribution in [2.45, 2.75) is 50.3 Å². The Balaban J connectivity index is 1.72. The fraction of sp³-hybridized carbons (Fsp3) is 0.417. The van der Waals surface area contributed by atoms with Crippen LogP contribution in [0.2, 0.25) is 0 Å². The van der Waals surface area contributed by atoms with Gasteiger partial charge in [-0.1, -0.05) is 44.2 Å². The molecule has 9 heteroatoms. The first-order chi connectivity index (χ1) is 15.5. The quantitative estimate of drug-likeness (QED) is 0.611. The average molecular weight is 480 g/mol. The van der Waals surface area contributed by atoms with E-state index in [1.54, 1.807) is 15.3 Å². The van der Waals surface area contributed by atoms with Crippen LogP contribution in [0.3, 0.4) is 0 Å². The maximum absolute atomic E-state index is 13.1. The van der Waals surface area contributed by atoms with Gasteiger partial charge in [-0.3, -0.25) is 9.59 Å². The third kappa shape index (κ3) is 6.74. The van der Waals surface area contributed by atoms with Crippen LogP contribution in [0.25, 0.3) is 0 Å². The second-order valence-corrected chi connectivity index (χ2v) is 9.48. The van der Waals surface area contributed by atoms with Gasteiger partial charge >= 0.3 is 6.18 Å². The minimum Gasteiger partial charge on any atom is -0.351 e. The molecule has 1 saturated heterocycles. The van der Waals surface area contributed by atoms with Crippen molar-refractivity contribution in [2.24, 2.45) is 0 Å². The zero-order valence-electron chi connectivity index (χ0n) is 18.9. The molecule has 0 saturated carbocycles. The van der Waals surface area contributed by atoms with Crippen molar-refractivity contribution >= 4 is 23.8 Å². The van der Waals surface area contributed by atoms with Crippen LogP contribution in [0.5, 0.6) is 0 Å². The number of rotatable bonds is 6. The van der Waals surface area contributed by atoms with Gasteiger partial charge in [0.2, 0.25) is 11.8 Å². The Kier molecular flexibility index (Phi) is 8.07. The molecule has 0 aromatic heterocycles. The molecular weight excluding hydrogens is 451 g/mol. The molecule has 1 aliphatic heterocycles. The lowest BCUT2D eigenvalue weighted by molar-refractivity contribution is -0.138. The fourth-order valence-electron chi connectivity index (χ4n) is 3.57. The van der Waals surface area contributed by atoms with Gasteiger partial charge < -0.3 is 10.2 Å². The third-order valence-corrected chi connectivity index (χ3v) is 6.71. The van der Waals surface area contributed by atoms with Crippen molar-refractivity contribution in [1.82, 2.24) is 14.5 Å². The molecule has 1 atom stereocenters. The number of piperazine rings is 1. The van der Waals surface area contributed by atoms with Gasteiger partial charge in [-0.15, -0.1) is 0 Å². The summed E-state index contributed by atoms with van der Waals surface area (Å²) in [5.74, 6) is 0.00373. The molecule has 1 fully saturated rings. The maximum atomic E-state index is 13.1. The molecule has 0 aliphatic carbocycles. The van der Waals surface area contributed by atoms with Crippen molar-refractivity contribution in [1.29, 1.82) is 0 Å². The summed E-state index contributed by atoms with van der Waals surface area (Å²) < 4.78 is 41.0. The molecule has 1 aliphatic rings. The van der Waals surface area contributed by atoms with Crippen LogP contribution in [-0.2, 0) is 22.3 Å². The smallest absolute Gasteiger partial charge is 0.351 e. The summed E-state index contributed by atoms with van der Waals surface area (Å²) in [6, 6.07) is 12.3. The highest BCUT2D eigenvalue weighted by atomic mass is 32.2. The topological polar surface area (TPSA) is 52.7 Å². The molecular formula is C24H28F3N3O2S. The van der Waals surface area contributed by atoms with Gasteiger partial charge in [-0.25, -0.2) is 4.31 Å². The lowest BCUT2D eigenvalue weighted by atomic mass is 10.0. The van der Waals surface area contributed by atoms with Crippen LogP contribution < -0.4 is 5.32 Å². The molecule has 3 rings (SSSR count). The number of benzene rings is 2. The summed E-state index contributed by atoms with van der Waals surface area (Å²) in [6.45, 7) is 6.94. The summed E-state index contributed by atoms with van der Waals surface area (Å²) in [6.07, 6.45) is -4.44. The van der Waals surface area contributed by atoms with Gasteiger partial charge in [0.05, 0.1) is 5.56 Å². The van der Waals surface area contributed by atoms with E-state index in [-0.39, 0.29) is 18.4 Å². The average Bonchev–Trinajstić information content (AvgIpc) is 2.77. The predicted molar refractivity (Wildman–Crippen MR) is 122 cm³/mol. The van der Waals surface area contributed by atoms with E-state index in [1.165, 1.54) is 18.6 Å². The molecule has 0 spiro atoms. The number of nitrogens with one attached hydrogen (secondary N) is 1. The first kappa shape index (κ1) is 25.1. The summed E-state index contributed by atoms with van der Waals surface area (Å²) >= 11 is 1.11. The Bertz CT molecular complexity index is 980. The SMILES string of the molecule is CC(=O)N1CCN(Sc2cccc(C(F)(F)F)c2)[C@@H](C(=O)NCc2ccc(C(C)C)cc2)C1. The largest absolute Gasteiger partial charge is 0.416 e. The summed E-state index contributed by atoms with van der Waals surface area (Å²) in [7, 11) is 0. The molecule has 2 amide bonds. The fourth-order valence-corrected chi connectivity index (χ4v) is 4.62. The van der Waals surface area contributed by atoms with Gasteiger partial charge in [0, 0.05) is 38.0 Å². The van der Waals surface area contributed by atoms with Gasteiger partial charge in [-0.05, 0) is 47.2 Å². The molecule has 0 bridgehead atoms. The van der Waals surface area contributed by atoms with Crippen molar-refractivity contribution in [3.8, 4) is 0 Å². The zero-order valence-corrected chi connectivity index (χ0v) is 19.7.